The fourth-order valence-corrected chi connectivity index (χ4v) is 2.41. The van der Waals surface area contributed by atoms with Crippen LogP contribution in [0, 0.1) is 0 Å². The van der Waals surface area contributed by atoms with Gasteiger partial charge in [-0.1, -0.05) is 31.8 Å². The number of hydrogen-bond donors (Lipinski definition) is 3. The number of carboxylic acids is 1. The summed E-state index contributed by atoms with van der Waals surface area (Å²) in [5.74, 6) is -1.52. The summed E-state index contributed by atoms with van der Waals surface area (Å²) < 4.78 is 9.53. The molecule has 2 aromatic heterocycles. The molecule has 206 valence electrons. The molecule has 0 radical (unpaired) electrons. The Morgan fingerprint density at radius 3 is 1.86 bits per heavy atom. The minimum atomic E-state index is -1.14. The molecule has 0 saturated carbocycles. The Bertz CT molecular complexity index is 947. The lowest BCUT2D eigenvalue weighted by Gasteiger charge is -2.22. The highest BCUT2D eigenvalue weighted by Gasteiger charge is 2.24. The molecule has 0 fully saturated rings. The standard InChI is InChI=1S/C13H18N2O4.C9H12N2O2.C3H9ClSi/c1-13(2,3)19-12(18)15-10(11(16)17)7-9-5-4-6-14-8-9;1-13-9(12)8(10)5-7-3-2-4-11-6-7;1-5(2,3)4/h4-6,8,10H,7H2,1-3H3,(H,15,18)(H,16,17);2-4,6,8H,5,10H2,1H3;1-3H3/t10-;8-;/m00./s1. The zero-order valence-corrected chi connectivity index (χ0v) is 24.3. The van der Waals surface area contributed by atoms with Crippen molar-refractivity contribution in [2.75, 3.05) is 7.11 Å². The van der Waals surface area contributed by atoms with Crippen molar-refractivity contribution in [3.63, 3.8) is 0 Å². The SMILES string of the molecule is CC(C)(C)OC(=O)N[C@@H](Cc1cccnc1)C(=O)O.COC(=O)[C@@H](N)Cc1cccnc1.C[Si](C)(C)Cl. The average Bonchev–Trinajstić information content (AvgIpc) is 2.77. The van der Waals surface area contributed by atoms with Crippen molar-refractivity contribution in [2.45, 2.75) is 70.9 Å². The van der Waals surface area contributed by atoms with E-state index < -0.39 is 43.1 Å². The molecule has 0 aliphatic carbocycles. The third-order valence-electron chi connectivity index (χ3n) is 3.83. The molecule has 2 rings (SSSR count). The van der Waals surface area contributed by atoms with Gasteiger partial charge < -0.3 is 25.6 Å². The molecular formula is C25H39ClN4O6Si. The van der Waals surface area contributed by atoms with Gasteiger partial charge in [0.1, 0.15) is 25.1 Å². The van der Waals surface area contributed by atoms with Gasteiger partial charge in [0.25, 0.3) is 0 Å². The summed E-state index contributed by atoms with van der Waals surface area (Å²) in [4.78, 5) is 41.4. The van der Waals surface area contributed by atoms with Crippen LogP contribution in [-0.4, -0.2) is 65.3 Å². The molecule has 0 aliphatic heterocycles. The zero-order chi connectivity index (χ0) is 28.6. The highest BCUT2D eigenvalue weighted by Crippen LogP contribution is 2.08. The van der Waals surface area contributed by atoms with Crippen LogP contribution < -0.4 is 11.1 Å². The predicted molar refractivity (Wildman–Crippen MR) is 146 cm³/mol. The molecule has 2 aromatic rings. The van der Waals surface area contributed by atoms with Crippen LogP contribution in [0.1, 0.15) is 31.9 Å². The number of carbonyl (C=O) groups excluding carboxylic acids is 2. The Labute approximate surface area is 224 Å². The topological polar surface area (TPSA) is 154 Å². The van der Waals surface area contributed by atoms with Crippen LogP contribution in [0.2, 0.25) is 19.6 Å². The minimum Gasteiger partial charge on any atom is -0.480 e. The fourth-order valence-electron chi connectivity index (χ4n) is 2.41. The number of nitrogens with two attached hydrogens (primary N) is 1. The van der Waals surface area contributed by atoms with E-state index in [1.54, 1.807) is 63.8 Å². The van der Waals surface area contributed by atoms with Gasteiger partial charge in [0.05, 0.1) is 7.11 Å². The van der Waals surface area contributed by atoms with Crippen LogP contribution in [0.4, 0.5) is 4.79 Å². The second-order valence-electron chi connectivity index (χ2n) is 9.86. The predicted octanol–water partition coefficient (Wildman–Crippen LogP) is 3.79. The van der Waals surface area contributed by atoms with Crippen LogP contribution in [0.3, 0.4) is 0 Å². The molecule has 0 spiro atoms. The lowest BCUT2D eigenvalue weighted by molar-refractivity contribution is -0.142. The Morgan fingerprint density at radius 2 is 1.51 bits per heavy atom. The van der Waals surface area contributed by atoms with Crippen molar-refractivity contribution < 1.29 is 29.0 Å². The maximum Gasteiger partial charge on any atom is 0.408 e. The maximum absolute atomic E-state index is 11.6. The van der Waals surface area contributed by atoms with E-state index >= 15 is 0 Å². The number of aromatic nitrogens is 2. The number of nitrogens with zero attached hydrogens (tertiary/aromatic N) is 2. The summed E-state index contributed by atoms with van der Waals surface area (Å²) in [5.41, 5.74) is 6.55. The monoisotopic (exact) mass is 554 g/mol. The van der Waals surface area contributed by atoms with Crippen molar-refractivity contribution in [1.29, 1.82) is 0 Å². The molecule has 2 heterocycles. The number of pyridine rings is 2. The van der Waals surface area contributed by atoms with Gasteiger partial charge in [0.15, 0.2) is 0 Å². The lowest BCUT2D eigenvalue weighted by atomic mass is 10.1. The first-order valence-corrected chi connectivity index (χ1v) is 16.1. The normalized spacial score (nSPS) is 12.4. The molecule has 12 heteroatoms. The van der Waals surface area contributed by atoms with E-state index in [9.17, 15) is 14.4 Å². The third-order valence-corrected chi connectivity index (χ3v) is 3.83. The first-order valence-electron chi connectivity index (χ1n) is 11.5. The number of methoxy groups -OCH3 is 1. The van der Waals surface area contributed by atoms with Crippen molar-refractivity contribution in [2.24, 2.45) is 5.73 Å². The number of aliphatic carboxylic acids is 1. The molecule has 37 heavy (non-hydrogen) atoms. The van der Waals surface area contributed by atoms with E-state index in [4.69, 9.17) is 26.7 Å². The van der Waals surface area contributed by atoms with Crippen molar-refractivity contribution in [3.8, 4) is 0 Å². The molecule has 2 atom stereocenters. The van der Waals surface area contributed by atoms with Crippen LogP contribution in [0.15, 0.2) is 49.1 Å². The summed E-state index contributed by atoms with van der Waals surface area (Å²) in [6, 6.07) is 5.49. The smallest absolute Gasteiger partial charge is 0.408 e. The van der Waals surface area contributed by atoms with Gasteiger partial charge in [-0.15, -0.1) is 0 Å². The Kier molecular flexibility index (Phi) is 15.3. The fraction of sp³-hybridized carbons (Fsp3) is 0.480. The maximum atomic E-state index is 11.6. The van der Waals surface area contributed by atoms with Crippen LogP contribution >= 0.6 is 11.1 Å². The van der Waals surface area contributed by atoms with Crippen LogP contribution in [0.5, 0.6) is 0 Å². The molecule has 1 amide bonds. The quantitative estimate of drug-likeness (QED) is 0.263. The number of esters is 1. The number of carboxylic acid groups (broad SMARTS) is 1. The van der Waals surface area contributed by atoms with E-state index in [0.29, 0.717) is 6.42 Å². The molecular weight excluding hydrogens is 516 g/mol. The first-order chi connectivity index (χ1) is 17.0. The summed E-state index contributed by atoms with van der Waals surface area (Å²) in [6.45, 7) is 11.4. The number of hydrogen-bond acceptors (Lipinski definition) is 8. The highest BCUT2D eigenvalue weighted by atomic mass is 35.6. The van der Waals surface area contributed by atoms with E-state index in [-0.39, 0.29) is 6.42 Å². The van der Waals surface area contributed by atoms with E-state index in [0.717, 1.165) is 11.1 Å². The van der Waals surface area contributed by atoms with E-state index in [1.807, 2.05) is 6.07 Å². The third kappa shape index (κ3) is 19.8. The Balaban J connectivity index is 0.000000620. The number of ether oxygens (including phenoxy) is 2. The van der Waals surface area contributed by atoms with E-state index in [1.165, 1.54) is 7.11 Å². The van der Waals surface area contributed by atoms with Gasteiger partial charge in [0, 0.05) is 31.2 Å². The first kappa shape index (κ1) is 34.0. The zero-order valence-electron chi connectivity index (χ0n) is 22.5. The molecule has 4 N–H and O–H groups in total. The second-order valence-corrected chi connectivity index (χ2v) is 17.4. The lowest BCUT2D eigenvalue weighted by Crippen LogP contribution is -2.44. The molecule has 0 bridgehead atoms. The number of amides is 1. The number of carbonyl (C=O) groups is 3. The number of nitrogens with one attached hydrogen (secondary N) is 1. The Morgan fingerprint density at radius 1 is 1.05 bits per heavy atom. The minimum absolute atomic E-state index is 0.155. The molecule has 0 aliphatic rings. The number of halogens is 1. The van der Waals surface area contributed by atoms with Crippen molar-refractivity contribution >= 4 is 36.5 Å². The largest absolute Gasteiger partial charge is 0.480 e. The summed E-state index contributed by atoms with van der Waals surface area (Å²) in [6.07, 6.45) is 6.38. The molecule has 0 unspecified atom stereocenters. The number of alkyl carbamates (subject to hydrolysis) is 1. The Hall–Kier alpha value is -3.02. The van der Waals surface area contributed by atoms with E-state index in [2.05, 4.69) is 39.7 Å². The van der Waals surface area contributed by atoms with Crippen LogP contribution in [0.25, 0.3) is 0 Å². The van der Waals surface area contributed by atoms with Gasteiger partial charge in [-0.2, -0.15) is 11.1 Å². The molecule has 0 saturated heterocycles. The summed E-state index contributed by atoms with van der Waals surface area (Å²) in [5, 5.41) is 11.4. The molecule has 10 nitrogen and oxygen atoms in total. The highest BCUT2D eigenvalue weighted by molar-refractivity contribution is 7.18. The van der Waals surface area contributed by atoms with Gasteiger partial charge in [-0.25, -0.2) is 9.59 Å². The van der Waals surface area contributed by atoms with Gasteiger partial charge in [0.2, 0.25) is 0 Å². The summed E-state index contributed by atoms with van der Waals surface area (Å²) in [7, 11) is 0.186. The van der Waals surface area contributed by atoms with Gasteiger partial charge >= 0.3 is 18.0 Å². The molecule has 0 aromatic carbocycles. The van der Waals surface area contributed by atoms with Crippen molar-refractivity contribution in [3.05, 3.63) is 60.2 Å². The van der Waals surface area contributed by atoms with Crippen LogP contribution in [-0.2, 0) is 31.9 Å². The number of rotatable bonds is 7. The van der Waals surface area contributed by atoms with Crippen molar-refractivity contribution in [1.82, 2.24) is 15.3 Å². The summed E-state index contributed by atoms with van der Waals surface area (Å²) >= 11 is 5.67. The van der Waals surface area contributed by atoms with Gasteiger partial charge in [-0.3, -0.25) is 14.8 Å². The van der Waals surface area contributed by atoms with Gasteiger partial charge in [-0.05, 0) is 50.5 Å². The average molecular weight is 555 g/mol. The second kappa shape index (κ2) is 16.7.